The Labute approximate surface area is 224 Å². The smallest absolute Gasteiger partial charge is 0.477 e. The molecular weight excluding hydrogens is 538 g/mol. The number of β-lactam (4-membered cyclic amide) rings is 1. The van der Waals surface area contributed by atoms with Crippen molar-refractivity contribution < 1.29 is 43.9 Å². The minimum absolute atomic E-state index is 0.0396. The normalized spacial score (nSPS) is 20.6. The van der Waals surface area contributed by atoms with Crippen molar-refractivity contribution in [2.75, 3.05) is 6.61 Å². The number of carboxylic acids is 1. The number of hydrogen-bond acceptors (Lipinski definition) is 11. The fourth-order valence-electron chi connectivity index (χ4n) is 4.64. The standard InChI is InChI=1S/C24H21N3O11S/c1-13(38-23(32)37-12-15-4-8-17(9-5-15)27(35)36)19-21(29)25-20(22(30)31)18(11-28)39-24(19,25)10-14-2-6-16(7-3-14)26(33)34/h2-9,13,19,28H,10-12H2,1H3,(H,30,31)/t13-,19+,24-/m1/s1. The second-order valence-electron chi connectivity index (χ2n) is 8.72. The summed E-state index contributed by atoms with van der Waals surface area (Å²) in [5, 5.41) is 41.3. The molecule has 1 saturated heterocycles. The first-order chi connectivity index (χ1) is 18.5. The molecule has 2 N–H and O–H groups in total. The number of ether oxygens (including phenoxy) is 2. The van der Waals surface area contributed by atoms with Gasteiger partial charge in [0.2, 0.25) is 5.91 Å². The Hall–Kier alpha value is -4.50. The number of fused-ring (bicyclic) bond motifs is 1. The molecule has 0 aromatic heterocycles. The zero-order chi connectivity index (χ0) is 28.5. The Bertz CT molecular complexity index is 1380. The number of nitro benzene ring substituents is 2. The van der Waals surface area contributed by atoms with Crippen molar-refractivity contribution >= 4 is 41.2 Å². The molecule has 0 unspecified atom stereocenters. The molecule has 14 nitrogen and oxygen atoms in total. The molecule has 2 aliphatic rings. The molecule has 2 heterocycles. The van der Waals surface area contributed by atoms with Gasteiger partial charge in [0.05, 0.1) is 16.5 Å². The van der Waals surface area contributed by atoms with Crippen LogP contribution < -0.4 is 0 Å². The summed E-state index contributed by atoms with van der Waals surface area (Å²) in [5.74, 6) is -3.09. The zero-order valence-corrected chi connectivity index (χ0v) is 21.0. The number of non-ortho nitro benzene ring substituents is 2. The lowest BCUT2D eigenvalue weighted by molar-refractivity contribution is -0.385. The second-order valence-corrected chi connectivity index (χ2v) is 10.1. The molecule has 0 aliphatic carbocycles. The van der Waals surface area contributed by atoms with Gasteiger partial charge < -0.3 is 19.7 Å². The SMILES string of the molecule is C[C@@H](OC(=O)OCc1ccc([N+](=O)[O-])cc1)[C@H]1C(=O)N2C(C(=O)O)=C(CO)S[C@]12Cc1ccc([N+](=O)[O-])cc1. The molecule has 0 radical (unpaired) electrons. The molecule has 2 aliphatic heterocycles. The Morgan fingerprint density at radius 3 is 2.08 bits per heavy atom. The molecule has 39 heavy (non-hydrogen) atoms. The summed E-state index contributed by atoms with van der Waals surface area (Å²) in [4.78, 5) is 58.1. The van der Waals surface area contributed by atoms with E-state index in [1.165, 1.54) is 55.5 Å². The van der Waals surface area contributed by atoms with Gasteiger partial charge in [-0.15, -0.1) is 0 Å². The van der Waals surface area contributed by atoms with Gasteiger partial charge in [-0.25, -0.2) is 9.59 Å². The molecular formula is C24H21N3O11S. The number of aliphatic hydroxyl groups excluding tert-OH is 1. The van der Waals surface area contributed by atoms with Gasteiger partial charge in [-0.2, -0.15) is 0 Å². The van der Waals surface area contributed by atoms with E-state index in [1.807, 2.05) is 0 Å². The third-order valence-corrected chi connectivity index (χ3v) is 7.85. The second kappa shape index (κ2) is 10.7. The molecule has 204 valence electrons. The third-order valence-electron chi connectivity index (χ3n) is 6.34. The van der Waals surface area contributed by atoms with Crippen molar-refractivity contribution in [2.45, 2.75) is 30.9 Å². The third kappa shape index (κ3) is 5.13. The first-order valence-corrected chi connectivity index (χ1v) is 12.2. The number of rotatable bonds is 10. The average Bonchev–Trinajstić information content (AvgIpc) is 3.17. The van der Waals surface area contributed by atoms with E-state index in [4.69, 9.17) is 9.47 Å². The van der Waals surface area contributed by atoms with Gasteiger partial charge in [0.25, 0.3) is 11.4 Å². The predicted octanol–water partition coefficient (Wildman–Crippen LogP) is 2.98. The maximum absolute atomic E-state index is 13.2. The van der Waals surface area contributed by atoms with Crippen molar-refractivity contribution in [2.24, 2.45) is 5.92 Å². The van der Waals surface area contributed by atoms with E-state index in [1.54, 1.807) is 0 Å². The first-order valence-electron chi connectivity index (χ1n) is 11.4. The Balaban J connectivity index is 1.52. The number of carbonyl (C=O) groups is 3. The summed E-state index contributed by atoms with van der Waals surface area (Å²) in [6, 6.07) is 10.8. The monoisotopic (exact) mass is 559 g/mol. The maximum atomic E-state index is 13.2. The number of carbonyl (C=O) groups excluding carboxylic acids is 2. The number of nitrogens with zero attached hydrogens (tertiary/aromatic N) is 3. The molecule has 1 amide bonds. The van der Waals surface area contributed by atoms with E-state index < -0.39 is 51.4 Å². The van der Waals surface area contributed by atoms with Gasteiger partial charge in [0.1, 0.15) is 29.2 Å². The van der Waals surface area contributed by atoms with Crippen LogP contribution in [0.3, 0.4) is 0 Å². The maximum Gasteiger partial charge on any atom is 0.508 e. The minimum atomic E-state index is -1.42. The quantitative estimate of drug-likeness (QED) is 0.187. The molecule has 2 aromatic carbocycles. The highest BCUT2D eigenvalue weighted by molar-refractivity contribution is 8.04. The van der Waals surface area contributed by atoms with Gasteiger partial charge in [-0.1, -0.05) is 23.9 Å². The Morgan fingerprint density at radius 2 is 1.59 bits per heavy atom. The van der Waals surface area contributed by atoms with E-state index in [2.05, 4.69) is 0 Å². The van der Waals surface area contributed by atoms with Crippen molar-refractivity contribution in [3.8, 4) is 0 Å². The van der Waals surface area contributed by atoms with E-state index in [-0.39, 0.29) is 35.0 Å². The van der Waals surface area contributed by atoms with Crippen molar-refractivity contribution in [1.82, 2.24) is 4.90 Å². The first kappa shape index (κ1) is 27.5. The van der Waals surface area contributed by atoms with E-state index in [9.17, 15) is 44.8 Å². The Morgan fingerprint density at radius 1 is 1.05 bits per heavy atom. The number of nitro groups is 2. The van der Waals surface area contributed by atoms with Gasteiger partial charge in [0.15, 0.2) is 0 Å². The number of amides is 1. The lowest BCUT2D eigenvalue weighted by atomic mass is 9.78. The predicted molar refractivity (Wildman–Crippen MR) is 133 cm³/mol. The van der Waals surface area contributed by atoms with Crippen LogP contribution in [0, 0.1) is 26.1 Å². The van der Waals surface area contributed by atoms with E-state index in [0.29, 0.717) is 11.1 Å². The topological polar surface area (TPSA) is 200 Å². The van der Waals surface area contributed by atoms with Crippen molar-refractivity contribution in [1.29, 1.82) is 0 Å². The largest absolute Gasteiger partial charge is 0.508 e. The highest BCUT2D eigenvalue weighted by atomic mass is 32.2. The summed E-state index contributed by atoms with van der Waals surface area (Å²) in [7, 11) is 0. The Kier molecular flexibility index (Phi) is 7.56. The molecule has 3 atom stereocenters. The number of hydrogen-bond donors (Lipinski definition) is 2. The average molecular weight is 560 g/mol. The minimum Gasteiger partial charge on any atom is -0.477 e. The number of benzene rings is 2. The fourth-order valence-corrected chi connectivity index (χ4v) is 6.34. The lowest BCUT2D eigenvalue weighted by Crippen LogP contribution is -2.71. The number of carboxylic acid groups (broad SMARTS) is 1. The van der Waals surface area contributed by atoms with Gasteiger partial charge in [-0.3, -0.25) is 29.9 Å². The van der Waals surface area contributed by atoms with Crippen LogP contribution in [0.25, 0.3) is 0 Å². The molecule has 4 rings (SSSR count). The lowest BCUT2D eigenvalue weighted by Gasteiger charge is -2.54. The van der Waals surface area contributed by atoms with Gasteiger partial charge in [0, 0.05) is 35.6 Å². The highest BCUT2D eigenvalue weighted by Gasteiger charge is 2.69. The summed E-state index contributed by atoms with van der Waals surface area (Å²) < 4.78 is 10.4. The number of thioether (sulfide) groups is 1. The summed E-state index contributed by atoms with van der Waals surface area (Å²) >= 11 is 0.964. The van der Waals surface area contributed by atoms with Crippen molar-refractivity contribution in [3.63, 3.8) is 0 Å². The van der Waals surface area contributed by atoms with Gasteiger partial charge in [-0.05, 0) is 30.2 Å². The van der Waals surface area contributed by atoms with Crippen LogP contribution >= 0.6 is 11.8 Å². The molecule has 1 fully saturated rings. The summed E-state index contributed by atoms with van der Waals surface area (Å²) in [5.41, 5.74) is 0.347. The van der Waals surface area contributed by atoms with Crippen LogP contribution in [0.1, 0.15) is 18.1 Å². The van der Waals surface area contributed by atoms with E-state index in [0.717, 1.165) is 16.7 Å². The van der Waals surface area contributed by atoms with Gasteiger partial charge >= 0.3 is 12.1 Å². The molecule has 0 spiro atoms. The molecule has 0 saturated carbocycles. The summed E-state index contributed by atoms with van der Waals surface area (Å²) in [6.45, 7) is 0.552. The van der Waals surface area contributed by atoms with Crippen LogP contribution in [0.15, 0.2) is 59.1 Å². The van der Waals surface area contributed by atoms with Crippen LogP contribution in [-0.4, -0.2) is 60.6 Å². The molecule has 15 heteroatoms. The fraction of sp³-hybridized carbons (Fsp3) is 0.292. The number of aliphatic carboxylic acids is 1. The highest BCUT2D eigenvalue weighted by Crippen LogP contribution is 2.60. The molecule has 2 aromatic rings. The van der Waals surface area contributed by atoms with Crippen molar-refractivity contribution in [3.05, 3.63) is 90.5 Å². The van der Waals surface area contributed by atoms with E-state index >= 15 is 0 Å². The zero-order valence-electron chi connectivity index (χ0n) is 20.2. The number of aliphatic hydroxyl groups is 1. The van der Waals surface area contributed by atoms with Crippen LogP contribution in [0.2, 0.25) is 0 Å². The summed E-state index contributed by atoms with van der Waals surface area (Å²) in [6.07, 6.45) is -2.16. The van der Waals surface area contributed by atoms with Crippen LogP contribution in [0.4, 0.5) is 16.2 Å². The molecule has 0 bridgehead atoms. The van der Waals surface area contributed by atoms with Crippen LogP contribution in [0.5, 0.6) is 0 Å². The van der Waals surface area contributed by atoms with Crippen LogP contribution in [-0.2, 0) is 32.1 Å².